The van der Waals surface area contributed by atoms with Gasteiger partial charge in [0.2, 0.25) is 0 Å². The lowest BCUT2D eigenvalue weighted by atomic mass is 9.91. The molecule has 1 atom stereocenters. The highest BCUT2D eigenvalue weighted by Crippen LogP contribution is 2.39. The van der Waals surface area contributed by atoms with Gasteiger partial charge in [-0.3, -0.25) is 4.90 Å². The molecule has 0 aliphatic carbocycles. The van der Waals surface area contributed by atoms with Gasteiger partial charge in [-0.05, 0) is 58.5 Å². The van der Waals surface area contributed by atoms with Crippen LogP contribution in [-0.4, -0.2) is 29.8 Å². The number of fused-ring (bicyclic) bond motifs is 3. The molecule has 6 nitrogen and oxygen atoms in total. The molecule has 4 aromatic rings. The topological polar surface area (TPSA) is 78.7 Å². The molecular weight excluding hydrogens is 422 g/mol. The number of hydrazone groups is 1. The molecule has 3 aromatic carbocycles. The first-order chi connectivity index (χ1) is 16.7. The number of allylic oxidation sites excluding steroid dienone is 1. The van der Waals surface area contributed by atoms with E-state index in [1.165, 1.54) is 33.3 Å². The zero-order valence-electron chi connectivity index (χ0n) is 19.3. The van der Waals surface area contributed by atoms with Gasteiger partial charge in [0.05, 0.1) is 19.4 Å². The second-order valence-corrected chi connectivity index (χ2v) is 8.57. The molecule has 0 fully saturated rings. The summed E-state index contributed by atoms with van der Waals surface area (Å²) < 4.78 is 5.41. The molecule has 1 aliphatic rings. The molecule has 0 saturated heterocycles. The highest BCUT2D eigenvalue weighted by atomic mass is 16.5. The fraction of sp³-hybridized carbons (Fsp3) is 0.179. The summed E-state index contributed by atoms with van der Waals surface area (Å²) in [6, 6.07) is 25.6. The van der Waals surface area contributed by atoms with Gasteiger partial charge in [0, 0.05) is 29.7 Å². The molecule has 1 aliphatic heterocycles. The van der Waals surface area contributed by atoms with Crippen molar-refractivity contribution in [3.05, 3.63) is 107 Å². The minimum atomic E-state index is 0.122. The number of nitrogens with zero attached hydrogens (tertiary/aromatic N) is 2. The SMILES string of the molecule is C=C(/C=N\NN)c1cccc(CN2CCc3c([nH]c4ccccc34)C2c2ccc(OC)cc2)c1. The van der Waals surface area contributed by atoms with Gasteiger partial charge in [-0.15, -0.1) is 0 Å². The normalized spacial score (nSPS) is 16.0. The molecule has 1 aromatic heterocycles. The van der Waals surface area contributed by atoms with Gasteiger partial charge in [0.15, 0.2) is 0 Å². The number of benzene rings is 3. The van der Waals surface area contributed by atoms with Crippen LogP contribution in [0.4, 0.5) is 0 Å². The molecule has 0 amide bonds. The number of hydrazine groups is 1. The van der Waals surface area contributed by atoms with Crippen LogP contribution in [0.1, 0.15) is 34.0 Å². The van der Waals surface area contributed by atoms with Crippen molar-refractivity contribution in [2.45, 2.75) is 19.0 Å². The van der Waals surface area contributed by atoms with Crippen LogP contribution < -0.4 is 16.1 Å². The Kier molecular flexibility index (Phi) is 6.16. The van der Waals surface area contributed by atoms with Crippen LogP contribution in [0.3, 0.4) is 0 Å². The van der Waals surface area contributed by atoms with Crippen LogP contribution in [0.15, 0.2) is 84.5 Å². The maximum atomic E-state index is 5.41. The number of ether oxygens (including phenoxy) is 1. The summed E-state index contributed by atoms with van der Waals surface area (Å²) in [4.78, 5) is 6.28. The van der Waals surface area contributed by atoms with E-state index in [0.29, 0.717) is 0 Å². The fourth-order valence-electron chi connectivity index (χ4n) is 4.92. The Morgan fingerprint density at radius 1 is 1.18 bits per heavy atom. The number of nitrogens with two attached hydrogens (primary N) is 1. The predicted molar refractivity (Wildman–Crippen MR) is 139 cm³/mol. The van der Waals surface area contributed by atoms with E-state index in [9.17, 15) is 0 Å². The third-order valence-electron chi connectivity index (χ3n) is 6.54. The quantitative estimate of drug-likeness (QED) is 0.215. The van der Waals surface area contributed by atoms with Crippen LogP contribution in [-0.2, 0) is 13.0 Å². The van der Waals surface area contributed by atoms with Crippen LogP contribution in [0.2, 0.25) is 0 Å². The van der Waals surface area contributed by atoms with E-state index in [0.717, 1.165) is 36.4 Å². The Hall–Kier alpha value is -3.87. The largest absolute Gasteiger partial charge is 0.497 e. The zero-order chi connectivity index (χ0) is 23.5. The number of para-hydroxylation sites is 1. The summed E-state index contributed by atoms with van der Waals surface area (Å²) in [6.07, 6.45) is 2.64. The van der Waals surface area contributed by atoms with E-state index in [-0.39, 0.29) is 6.04 Å². The van der Waals surface area contributed by atoms with E-state index < -0.39 is 0 Å². The number of aromatic nitrogens is 1. The highest BCUT2D eigenvalue weighted by molar-refractivity contribution is 6.08. The van der Waals surface area contributed by atoms with Gasteiger partial charge in [-0.25, -0.2) is 11.4 Å². The van der Waals surface area contributed by atoms with Crippen LogP contribution in [0.25, 0.3) is 16.5 Å². The van der Waals surface area contributed by atoms with Gasteiger partial charge in [-0.2, -0.15) is 5.10 Å². The van der Waals surface area contributed by atoms with E-state index in [1.54, 1.807) is 13.3 Å². The molecule has 0 radical (unpaired) electrons. The summed E-state index contributed by atoms with van der Waals surface area (Å²) in [5, 5.41) is 5.20. The molecular formula is C28H29N5O. The molecule has 1 unspecified atom stereocenters. The van der Waals surface area contributed by atoms with Gasteiger partial charge in [-0.1, -0.05) is 55.1 Å². The summed E-state index contributed by atoms with van der Waals surface area (Å²) >= 11 is 0. The first kappa shape index (κ1) is 21.9. The number of H-pyrrole nitrogens is 1. The molecule has 0 bridgehead atoms. The Morgan fingerprint density at radius 3 is 2.79 bits per heavy atom. The maximum absolute atomic E-state index is 5.41. The van der Waals surface area contributed by atoms with Gasteiger partial charge < -0.3 is 9.72 Å². The molecule has 4 N–H and O–H groups in total. The second-order valence-electron chi connectivity index (χ2n) is 8.57. The number of hydrogen-bond donors (Lipinski definition) is 3. The van der Waals surface area contributed by atoms with Crippen molar-refractivity contribution in [1.29, 1.82) is 0 Å². The Bertz CT molecular complexity index is 1340. The van der Waals surface area contributed by atoms with Gasteiger partial charge >= 0.3 is 0 Å². The smallest absolute Gasteiger partial charge is 0.118 e. The Morgan fingerprint density at radius 2 is 2.00 bits per heavy atom. The van der Waals surface area contributed by atoms with Crippen molar-refractivity contribution in [2.75, 3.05) is 13.7 Å². The summed E-state index contributed by atoms with van der Waals surface area (Å²) in [7, 11) is 1.70. The lowest BCUT2D eigenvalue weighted by Crippen LogP contribution is -2.35. The molecule has 0 saturated carbocycles. The zero-order valence-corrected chi connectivity index (χ0v) is 19.3. The van der Waals surface area contributed by atoms with Gasteiger partial charge in [0.1, 0.15) is 5.75 Å². The lowest BCUT2D eigenvalue weighted by molar-refractivity contribution is 0.202. The van der Waals surface area contributed by atoms with Crippen LogP contribution in [0, 0.1) is 0 Å². The summed E-state index contributed by atoms with van der Waals surface area (Å²) in [5.41, 5.74) is 10.5. The van der Waals surface area contributed by atoms with Crippen molar-refractivity contribution in [2.24, 2.45) is 10.9 Å². The average Bonchev–Trinajstić information content (AvgIpc) is 3.26. The fourth-order valence-corrected chi connectivity index (χ4v) is 4.92. The third-order valence-corrected chi connectivity index (χ3v) is 6.54. The minimum Gasteiger partial charge on any atom is -0.497 e. The number of hydrogen-bond acceptors (Lipinski definition) is 5. The van der Waals surface area contributed by atoms with E-state index in [1.807, 2.05) is 18.2 Å². The van der Waals surface area contributed by atoms with Crippen LogP contribution in [0.5, 0.6) is 5.75 Å². The van der Waals surface area contributed by atoms with E-state index >= 15 is 0 Å². The first-order valence-electron chi connectivity index (χ1n) is 11.4. The number of aromatic amines is 1. The molecule has 0 spiro atoms. The number of methoxy groups -OCH3 is 1. The Balaban J connectivity index is 1.52. The van der Waals surface area contributed by atoms with E-state index in [2.05, 4.69) is 81.7 Å². The summed E-state index contributed by atoms with van der Waals surface area (Å²) in [6.45, 7) is 5.89. The third kappa shape index (κ3) is 4.21. The molecule has 34 heavy (non-hydrogen) atoms. The van der Waals surface area contributed by atoms with E-state index in [4.69, 9.17) is 10.6 Å². The molecule has 5 rings (SSSR count). The minimum absolute atomic E-state index is 0.122. The highest BCUT2D eigenvalue weighted by Gasteiger charge is 2.31. The van der Waals surface area contributed by atoms with Crippen molar-refractivity contribution in [1.82, 2.24) is 15.4 Å². The van der Waals surface area contributed by atoms with Crippen molar-refractivity contribution >= 4 is 22.7 Å². The van der Waals surface area contributed by atoms with Crippen LogP contribution >= 0.6 is 0 Å². The monoisotopic (exact) mass is 451 g/mol. The maximum Gasteiger partial charge on any atom is 0.118 e. The average molecular weight is 452 g/mol. The predicted octanol–water partition coefficient (Wildman–Crippen LogP) is 4.79. The lowest BCUT2D eigenvalue weighted by Gasteiger charge is -2.36. The molecule has 2 heterocycles. The number of nitrogens with one attached hydrogen (secondary N) is 2. The van der Waals surface area contributed by atoms with Crippen molar-refractivity contribution < 1.29 is 4.74 Å². The first-order valence-corrected chi connectivity index (χ1v) is 11.4. The standard InChI is InChI=1S/C28H29N5O/c1-19(17-30-32-29)22-7-5-6-20(16-22)18-33-15-14-25-24-8-3-4-9-26(24)31-27(25)28(33)21-10-12-23(34-2)13-11-21/h3-13,16-17,28,31-32H,1,14-15,18,29H2,2H3/b30-17-. The van der Waals surface area contributed by atoms with Crippen molar-refractivity contribution in [3.8, 4) is 5.75 Å². The number of rotatable bonds is 7. The Labute approximate surface area is 199 Å². The summed E-state index contributed by atoms with van der Waals surface area (Å²) in [5.74, 6) is 6.12. The van der Waals surface area contributed by atoms with Gasteiger partial charge in [0.25, 0.3) is 0 Å². The second kappa shape index (κ2) is 9.55. The van der Waals surface area contributed by atoms with Crippen molar-refractivity contribution in [3.63, 3.8) is 0 Å². The molecule has 172 valence electrons. The molecule has 6 heteroatoms.